The van der Waals surface area contributed by atoms with Crippen molar-refractivity contribution in [2.24, 2.45) is 5.41 Å². The van der Waals surface area contributed by atoms with Crippen LogP contribution in [0.3, 0.4) is 0 Å². The number of methoxy groups -OCH3 is 1. The van der Waals surface area contributed by atoms with Gasteiger partial charge in [-0.1, -0.05) is 0 Å². The van der Waals surface area contributed by atoms with E-state index < -0.39 is 0 Å². The monoisotopic (exact) mass is 193 g/mol. The highest BCUT2D eigenvalue weighted by Gasteiger charge is 2.41. The molecule has 0 aromatic heterocycles. The highest BCUT2D eigenvalue weighted by Crippen LogP contribution is 2.30. The van der Waals surface area contributed by atoms with Gasteiger partial charge in [0.2, 0.25) is 0 Å². The first kappa shape index (κ1) is 10.3. The molecular weight excluding hydrogens is 178 g/mol. The minimum atomic E-state index is -0.0324. The van der Waals surface area contributed by atoms with Crippen LogP contribution in [-0.2, 0) is 4.74 Å². The lowest BCUT2D eigenvalue weighted by Crippen LogP contribution is -2.59. The number of halogens is 1. The lowest BCUT2D eigenvalue weighted by Gasteiger charge is -2.48. The van der Waals surface area contributed by atoms with Crippen LogP contribution < -0.4 is 0 Å². The summed E-state index contributed by atoms with van der Waals surface area (Å²) in [5.74, 6) is 0.549. The molecule has 0 radical (unpaired) electrons. The van der Waals surface area contributed by atoms with Crippen molar-refractivity contribution in [3.05, 3.63) is 0 Å². The Labute approximate surface area is 78.3 Å². The van der Waals surface area contributed by atoms with Crippen LogP contribution in [0.5, 0.6) is 0 Å². The van der Waals surface area contributed by atoms with Gasteiger partial charge in [-0.3, -0.25) is 4.90 Å². The first-order chi connectivity index (χ1) is 5.76. The predicted molar refractivity (Wildman–Crippen MR) is 48.6 cm³/mol. The molecule has 0 saturated carbocycles. The summed E-state index contributed by atoms with van der Waals surface area (Å²) in [6.45, 7) is 3.69. The number of alkyl halides is 1. The van der Waals surface area contributed by atoms with Crippen LogP contribution in [0, 0.1) is 5.41 Å². The summed E-state index contributed by atoms with van der Waals surface area (Å²) in [4.78, 5) is 2.24. The fourth-order valence-electron chi connectivity index (χ4n) is 1.51. The number of hydrogen-bond acceptors (Lipinski definition) is 3. The van der Waals surface area contributed by atoms with Gasteiger partial charge in [0.05, 0.1) is 13.2 Å². The number of hydrogen-bond donors (Lipinski definition) is 1. The Balaban J connectivity index is 2.16. The molecule has 1 N–H and O–H groups in total. The molecule has 72 valence electrons. The molecule has 0 atom stereocenters. The maximum absolute atomic E-state index is 9.04. The zero-order valence-electron chi connectivity index (χ0n) is 7.42. The number of aliphatic hydroxyl groups excluding tert-OH is 1. The van der Waals surface area contributed by atoms with Crippen molar-refractivity contribution in [2.45, 2.75) is 0 Å². The van der Waals surface area contributed by atoms with Gasteiger partial charge in [-0.2, -0.15) is 0 Å². The standard InChI is InChI=1S/C8H16ClNO2/c1-12-3-2-10-5-8(4-9,6-10)7-11/h11H,2-7H2,1H3. The third-order valence-electron chi connectivity index (χ3n) is 2.35. The first-order valence-corrected chi connectivity index (χ1v) is 4.68. The predicted octanol–water partition coefficient (Wildman–Crippen LogP) is 0.166. The second-order valence-electron chi connectivity index (χ2n) is 3.50. The molecule has 1 rings (SSSR count). The molecule has 0 aromatic carbocycles. The highest BCUT2D eigenvalue weighted by atomic mass is 35.5. The Morgan fingerprint density at radius 2 is 2.25 bits per heavy atom. The zero-order valence-corrected chi connectivity index (χ0v) is 8.18. The molecule has 4 heteroatoms. The van der Waals surface area contributed by atoms with E-state index in [0.717, 1.165) is 26.2 Å². The summed E-state index contributed by atoms with van der Waals surface area (Å²) in [5, 5.41) is 9.04. The third-order valence-corrected chi connectivity index (χ3v) is 2.92. The van der Waals surface area contributed by atoms with Crippen molar-refractivity contribution in [1.29, 1.82) is 0 Å². The van der Waals surface area contributed by atoms with Crippen LogP contribution in [0.15, 0.2) is 0 Å². The van der Waals surface area contributed by atoms with Gasteiger partial charge in [0.15, 0.2) is 0 Å². The van der Waals surface area contributed by atoms with Gasteiger partial charge in [0.1, 0.15) is 0 Å². The lowest BCUT2D eigenvalue weighted by molar-refractivity contribution is -0.0340. The fraction of sp³-hybridized carbons (Fsp3) is 1.00. The Morgan fingerprint density at radius 1 is 1.58 bits per heavy atom. The minimum Gasteiger partial charge on any atom is -0.396 e. The maximum Gasteiger partial charge on any atom is 0.0589 e. The quantitative estimate of drug-likeness (QED) is 0.632. The number of likely N-dealkylation sites (tertiary alicyclic amines) is 1. The second-order valence-corrected chi connectivity index (χ2v) is 3.76. The average molecular weight is 194 g/mol. The van der Waals surface area contributed by atoms with E-state index in [1.807, 2.05) is 0 Å². The molecule has 0 amide bonds. The van der Waals surface area contributed by atoms with Gasteiger partial charge in [-0.25, -0.2) is 0 Å². The first-order valence-electron chi connectivity index (χ1n) is 4.14. The van der Waals surface area contributed by atoms with E-state index in [-0.39, 0.29) is 12.0 Å². The second kappa shape index (κ2) is 4.42. The van der Waals surface area contributed by atoms with Crippen molar-refractivity contribution >= 4 is 11.6 Å². The van der Waals surface area contributed by atoms with E-state index in [0.29, 0.717) is 5.88 Å². The van der Waals surface area contributed by atoms with Gasteiger partial charge < -0.3 is 9.84 Å². The van der Waals surface area contributed by atoms with E-state index in [4.69, 9.17) is 21.4 Å². The Bertz CT molecular complexity index is 131. The number of aliphatic hydroxyl groups is 1. The Kier molecular flexibility index (Phi) is 3.77. The fourth-order valence-corrected chi connectivity index (χ4v) is 1.76. The van der Waals surface area contributed by atoms with E-state index in [2.05, 4.69) is 4.90 Å². The summed E-state index contributed by atoms with van der Waals surface area (Å²) in [6.07, 6.45) is 0. The van der Waals surface area contributed by atoms with E-state index >= 15 is 0 Å². The van der Waals surface area contributed by atoms with Crippen molar-refractivity contribution < 1.29 is 9.84 Å². The topological polar surface area (TPSA) is 32.7 Å². The van der Waals surface area contributed by atoms with Gasteiger partial charge >= 0.3 is 0 Å². The van der Waals surface area contributed by atoms with Crippen LogP contribution >= 0.6 is 11.6 Å². The van der Waals surface area contributed by atoms with Crippen LogP contribution in [0.4, 0.5) is 0 Å². The average Bonchev–Trinajstić information content (AvgIpc) is 2.04. The highest BCUT2D eigenvalue weighted by molar-refractivity contribution is 6.18. The van der Waals surface area contributed by atoms with Crippen LogP contribution in [0.1, 0.15) is 0 Å². The van der Waals surface area contributed by atoms with Crippen LogP contribution in [0.2, 0.25) is 0 Å². The summed E-state index contributed by atoms with van der Waals surface area (Å²) in [7, 11) is 1.70. The maximum atomic E-state index is 9.04. The van der Waals surface area contributed by atoms with Crippen LogP contribution in [0.25, 0.3) is 0 Å². The number of nitrogens with zero attached hydrogens (tertiary/aromatic N) is 1. The summed E-state index contributed by atoms with van der Waals surface area (Å²) in [6, 6.07) is 0. The number of ether oxygens (including phenoxy) is 1. The normalized spacial score (nSPS) is 22.2. The molecule has 0 unspecified atom stereocenters. The molecule has 0 spiro atoms. The Morgan fingerprint density at radius 3 is 2.67 bits per heavy atom. The van der Waals surface area contributed by atoms with Crippen molar-refractivity contribution in [3.63, 3.8) is 0 Å². The minimum absolute atomic E-state index is 0.0324. The largest absolute Gasteiger partial charge is 0.396 e. The van der Waals surface area contributed by atoms with Crippen LogP contribution in [-0.4, -0.2) is 55.8 Å². The van der Waals surface area contributed by atoms with Gasteiger partial charge in [-0.15, -0.1) is 11.6 Å². The summed E-state index contributed by atoms with van der Waals surface area (Å²) < 4.78 is 4.95. The third kappa shape index (κ3) is 2.10. The smallest absolute Gasteiger partial charge is 0.0589 e. The van der Waals surface area contributed by atoms with E-state index in [9.17, 15) is 0 Å². The van der Waals surface area contributed by atoms with E-state index in [1.165, 1.54) is 0 Å². The number of rotatable bonds is 5. The molecule has 1 fully saturated rings. The SMILES string of the molecule is COCCN1CC(CO)(CCl)C1. The molecule has 1 aliphatic rings. The molecule has 1 heterocycles. The van der Waals surface area contributed by atoms with Crippen molar-refractivity contribution in [3.8, 4) is 0 Å². The van der Waals surface area contributed by atoms with E-state index in [1.54, 1.807) is 7.11 Å². The summed E-state index contributed by atoms with van der Waals surface area (Å²) >= 11 is 5.74. The lowest BCUT2D eigenvalue weighted by atomic mass is 9.83. The van der Waals surface area contributed by atoms with Gasteiger partial charge in [-0.05, 0) is 0 Å². The Hall–Kier alpha value is 0.170. The molecular formula is C8H16ClNO2. The zero-order chi connectivity index (χ0) is 9.03. The molecule has 0 aromatic rings. The van der Waals surface area contributed by atoms with Gasteiger partial charge in [0.25, 0.3) is 0 Å². The molecule has 3 nitrogen and oxygen atoms in total. The summed E-state index contributed by atoms with van der Waals surface area (Å²) in [5.41, 5.74) is -0.0324. The van der Waals surface area contributed by atoms with Crippen molar-refractivity contribution in [2.75, 3.05) is 45.8 Å². The molecule has 1 aliphatic heterocycles. The van der Waals surface area contributed by atoms with Crippen molar-refractivity contribution in [1.82, 2.24) is 4.90 Å². The van der Waals surface area contributed by atoms with Gasteiger partial charge in [0, 0.05) is 38.0 Å². The molecule has 1 saturated heterocycles. The molecule has 0 aliphatic carbocycles. The molecule has 12 heavy (non-hydrogen) atoms. The molecule has 0 bridgehead atoms.